The van der Waals surface area contributed by atoms with Gasteiger partial charge in [0.2, 0.25) is 0 Å². The number of nitrogens with one attached hydrogen (secondary N) is 1. The smallest absolute Gasteiger partial charge is 0.269 e. The van der Waals surface area contributed by atoms with Gasteiger partial charge in [-0.25, -0.2) is 0 Å². The van der Waals surface area contributed by atoms with Crippen molar-refractivity contribution < 1.29 is 14.5 Å². The standard InChI is InChI=1S/C18H14BrN3O4/c1-11-7-15(22(24)25)4-5-16(11)21-18(23)13(10-20)8-12-9-14(19)3-6-17(12)26-2/h3-9H,1-2H3,(H,21,23)/b13-8+. The normalized spacial score (nSPS) is 10.8. The first-order chi connectivity index (χ1) is 12.3. The fraction of sp³-hybridized carbons (Fsp3) is 0.111. The van der Waals surface area contributed by atoms with Crippen molar-refractivity contribution in [3.63, 3.8) is 0 Å². The summed E-state index contributed by atoms with van der Waals surface area (Å²) in [4.78, 5) is 22.7. The molecule has 0 fully saturated rings. The zero-order valence-electron chi connectivity index (χ0n) is 13.9. The van der Waals surface area contributed by atoms with Crippen LogP contribution in [-0.2, 0) is 4.79 Å². The Morgan fingerprint density at radius 2 is 2.08 bits per heavy atom. The number of ether oxygens (including phenoxy) is 1. The molecule has 0 aliphatic carbocycles. The molecule has 26 heavy (non-hydrogen) atoms. The SMILES string of the molecule is COc1ccc(Br)cc1/C=C(\C#N)C(=O)Nc1ccc([N+](=O)[O-])cc1C. The molecular formula is C18H14BrN3O4. The Balaban J connectivity index is 2.32. The van der Waals surface area contributed by atoms with Crippen molar-refractivity contribution in [2.45, 2.75) is 6.92 Å². The number of methoxy groups -OCH3 is 1. The van der Waals surface area contributed by atoms with Crippen LogP contribution in [0.3, 0.4) is 0 Å². The van der Waals surface area contributed by atoms with E-state index in [9.17, 15) is 20.2 Å². The second kappa shape index (κ2) is 8.27. The van der Waals surface area contributed by atoms with Crippen LogP contribution in [0.25, 0.3) is 6.08 Å². The number of halogens is 1. The molecule has 0 unspecified atom stereocenters. The minimum absolute atomic E-state index is 0.0737. The lowest BCUT2D eigenvalue weighted by atomic mass is 10.1. The summed E-state index contributed by atoms with van der Waals surface area (Å²) in [7, 11) is 1.49. The van der Waals surface area contributed by atoms with E-state index in [1.54, 1.807) is 25.1 Å². The molecule has 0 saturated heterocycles. The summed E-state index contributed by atoms with van der Waals surface area (Å²) in [5.41, 5.74) is 1.27. The largest absolute Gasteiger partial charge is 0.496 e. The number of carbonyl (C=O) groups excluding carboxylic acids is 1. The van der Waals surface area contributed by atoms with Crippen LogP contribution in [0.1, 0.15) is 11.1 Å². The fourth-order valence-electron chi connectivity index (χ4n) is 2.21. The van der Waals surface area contributed by atoms with Crippen LogP contribution in [0.4, 0.5) is 11.4 Å². The molecule has 1 amide bonds. The minimum Gasteiger partial charge on any atom is -0.496 e. The molecule has 0 aliphatic rings. The van der Waals surface area contributed by atoms with Crippen LogP contribution in [0.2, 0.25) is 0 Å². The lowest BCUT2D eigenvalue weighted by Gasteiger charge is -2.09. The number of anilines is 1. The average molecular weight is 416 g/mol. The van der Waals surface area contributed by atoms with Gasteiger partial charge in [0.25, 0.3) is 11.6 Å². The number of rotatable bonds is 5. The molecule has 132 valence electrons. The van der Waals surface area contributed by atoms with E-state index in [2.05, 4.69) is 21.2 Å². The molecular weight excluding hydrogens is 402 g/mol. The topological polar surface area (TPSA) is 105 Å². The van der Waals surface area contributed by atoms with Crippen molar-refractivity contribution in [2.75, 3.05) is 12.4 Å². The zero-order chi connectivity index (χ0) is 19.3. The lowest BCUT2D eigenvalue weighted by molar-refractivity contribution is -0.384. The number of hydrogen-bond donors (Lipinski definition) is 1. The van der Waals surface area contributed by atoms with Gasteiger partial charge in [-0.05, 0) is 42.8 Å². The van der Waals surface area contributed by atoms with E-state index in [-0.39, 0.29) is 11.3 Å². The Bertz CT molecular complexity index is 948. The first-order valence-electron chi connectivity index (χ1n) is 7.37. The molecule has 2 aromatic rings. The number of carbonyl (C=O) groups is 1. The number of benzene rings is 2. The number of non-ortho nitro benzene ring substituents is 1. The van der Waals surface area contributed by atoms with Gasteiger partial charge in [0.15, 0.2) is 0 Å². The Hall–Kier alpha value is -3.18. The van der Waals surface area contributed by atoms with E-state index in [1.165, 1.54) is 31.4 Å². The predicted octanol–water partition coefficient (Wildman–Crippen LogP) is 4.22. The fourth-order valence-corrected chi connectivity index (χ4v) is 2.59. The number of amides is 1. The molecule has 1 N–H and O–H groups in total. The third-order valence-corrected chi connectivity index (χ3v) is 4.02. The average Bonchev–Trinajstić information content (AvgIpc) is 2.61. The van der Waals surface area contributed by atoms with Crippen molar-refractivity contribution in [2.24, 2.45) is 0 Å². The van der Waals surface area contributed by atoms with Gasteiger partial charge in [-0.3, -0.25) is 14.9 Å². The Kier molecular flexibility index (Phi) is 6.09. The van der Waals surface area contributed by atoms with Crippen LogP contribution in [0, 0.1) is 28.4 Å². The molecule has 0 atom stereocenters. The molecule has 0 spiro atoms. The number of nitro groups is 1. The molecule has 0 aliphatic heterocycles. The highest BCUT2D eigenvalue weighted by molar-refractivity contribution is 9.10. The van der Waals surface area contributed by atoms with E-state index >= 15 is 0 Å². The monoisotopic (exact) mass is 415 g/mol. The summed E-state index contributed by atoms with van der Waals surface area (Å²) in [5.74, 6) is -0.105. The molecule has 2 rings (SSSR count). The zero-order valence-corrected chi connectivity index (χ0v) is 15.5. The Labute approximate surface area is 158 Å². The molecule has 8 heteroatoms. The molecule has 0 saturated carbocycles. The first-order valence-corrected chi connectivity index (χ1v) is 8.16. The van der Waals surface area contributed by atoms with Gasteiger partial charge in [-0.2, -0.15) is 5.26 Å². The van der Waals surface area contributed by atoms with Crippen molar-refractivity contribution in [1.29, 1.82) is 5.26 Å². The molecule has 0 radical (unpaired) electrons. The van der Waals surface area contributed by atoms with Crippen molar-refractivity contribution in [1.82, 2.24) is 0 Å². The maximum absolute atomic E-state index is 12.4. The molecule has 7 nitrogen and oxygen atoms in total. The van der Waals surface area contributed by atoms with Gasteiger partial charge in [0, 0.05) is 27.9 Å². The summed E-state index contributed by atoms with van der Waals surface area (Å²) in [5, 5.41) is 22.7. The molecule has 0 bridgehead atoms. The highest BCUT2D eigenvalue weighted by atomic mass is 79.9. The Morgan fingerprint density at radius 3 is 2.65 bits per heavy atom. The van der Waals surface area contributed by atoms with Crippen LogP contribution in [0.15, 0.2) is 46.4 Å². The van der Waals surface area contributed by atoms with Crippen LogP contribution >= 0.6 is 15.9 Å². The van der Waals surface area contributed by atoms with Crippen molar-refractivity contribution in [3.05, 3.63) is 67.7 Å². The van der Waals surface area contributed by atoms with Crippen LogP contribution < -0.4 is 10.1 Å². The highest BCUT2D eigenvalue weighted by Crippen LogP contribution is 2.26. The quantitative estimate of drug-likeness (QED) is 0.340. The van der Waals surface area contributed by atoms with Crippen LogP contribution in [0.5, 0.6) is 5.75 Å². The Morgan fingerprint density at radius 1 is 1.35 bits per heavy atom. The van der Waals surface area contributed by atoms with E-state index in [0.29, 0.717) is 22.6 Å². The summed E-state index contributed by atoms with van der Waals surface area (Å²) < 4.78 is 6.00. The van der Waals surface area contributed by atoms with Gasteiger partial charge in [0.05, 0.1) is 12.0 Å². The van der Waals surface area contributed by atoms with Gasteiger partial charge in [0.1, 0.15) is 17.4 Å². The van der Waals surface area contributed by atoms with Crippen molar-refractivity contribution in [3.8, 4) is 11.8 Å². The number of nitrogens with zero attached hydrogens (tertiary/aromatic N) is 2. The third kappa shape index (κ3) is 4.46. The molecule has 2 aromatic carbocycles. The second-order valence-corrected chi connectivity index (χ2v) is 6.18. The summed E-state index contributed by atoms with van der Waals surface area (Å²) in [6.07, 6.45) is 1.42. The third-order valence-electron chi connectivity index (χ3n) is 3.53. The van der Waals surface area contributed by atoms with Gasteiger partial charge in [-0.1, -0.05) is 15.9 Å². The number of nitro benzene ring substituents is 1. The number of nitriles is 1. The molecule has 0 heterocycles. The molecule has 0 aromatic heterocycles. The predicted molar refractivity (Wildman–Crippen MR) is 101 cm³/mol. The summed E-state index contributed by atoms with van der Waals surface area (Å²) in [6.45, 7) is 1.63. The second-order valence-electron chi connectivity index (χ2n) is 5.27. The minimum atomic E-state index is -0.619. The summed E-state index contributed by atoms with van der Waals surface area (Å²) >= 11 is 3.33. The van der Waals surface area contributed by atoms with E-state index in [0.717, 1.165) is 4.47 Å². The lowest BCUT2D eigenvalue weighted by Crippen LogP contribution is -2.14. The maximum Gasteiger partial charge on any atom is 0.269 e. The first kappa shape index (κ1) is 19.1. The summed E-state index contributed by atoms with van der Waals surface area (Å²) in [6, 6.07) is 11.1. The van der Waals surface area contributed by atoms with E-state index in [1.807, 2.05) is 6.07 Å². The van der Waals surface area contributed by atoms with E-state index in [4.69, 9.17) is 4.74 Å². The van der Waals surface area contributed by atoms with Gasteiger partial charge >= 0.3 is 0 Å². The maximum atomic E-state index is 12.4. The van der Waals surface area contributed by atoms with Crippen molar-refractivity contribution >= 4 is 39.3 Å². The van der Waals surface area contributed by atoms with E-state index < -0.39 is 10.8 Å². The number of hydrogen-bond acceptors (Lipinski definition) is 5. The highest BCUT2D eigenvalue weighted by Gasteiger charge is 2.14. The van der Waals surface area contributed by atoms with Crippen LogP contribution in [-0.4, -0.2) is 17.9 Å². The van der Waals surface area contributed by atoms with Gasteiger partial charge < -0.3 is 10.1 Å². The van der Waals surface area contributed by atoms with Gasteiger partial charge in [-0.15, -0.1) is 0 Å². The number of aryl methyl sites for hydroxylation is 1.